The van der Waals surface area contributed by atoms with Gasteiger partial charge in [0.2, 0.25) is 0 Å². The quantitative estimate of drug-likeness (QED) is 0.618. The van der Waals surface area contributed by atoms with Crippen molar-refractivity contribution >= 4 is 46.2 Å². The molecule has 0 aliphatic heterocycles. The fraction of sp³-hybridized carbons (Fsp3) is 0.0526. The summed E-state index contributed by atoms with van der Waals surface area (Å²) in [5.41, 5.74) is 3.70. The van der Waals surface area contributed by atoms with Crippen molar-refractivity contribution in [2.24, 2.45) is 0 Å². The highest BCUT2D eigenvalue weighted by Gasteiger charge is 2.08. The number of hydrogen-bond acceptors (Lipinski definition) is 3. The summed E-state index contributed by atoms with van der Waals surface area (Å²) in [5.74, 6) is -0.226. The van der Waals surface area contributed by atoms with Crippen molar-refractivity contribution in [1.29, 1.82) is 0 Å². The van der Waals surface area contributed by atoms with Gasteiger partial charge in [0.15, 0.2) is 0 Å². The topological polar surface area (TPSA) is 54.0 Å². The SMILES string of the molecule is Cc1cccc(NC(=O)c2cncc(Nc3ccc(Cl)c(Cl)c3)c2)c1. The van der Waals surface area contributed by atoms with Gasteiger partial charge in [-0.1, -0.05) is 35.3 Å². The zero-order valence-corrected chi connectivity index (χ0v) is 14.9. The molecule has 0 saturated carbocycles. The molecule has 6 heteroatoms. The van der Waals surface area contributed by atoms with Crippen molar-refractivity contribution in [1.82, 2.24) is 4.98 Å². The van der Waals surface area contributed by atoms with Gasteiger partial charge in [0, 0.05) is 17.6 Å². The highest BCUT2D eigenvalue weighted by molar-refractivity contribution is 6.42. The molecule has 0 aliphatic rings. The summed E-state index contributed by atoms with van der Waals surface area (Å²) in [7, 11) is 0. The Morgan fingerprint density at radius 3 is 2.52 bits per heavy atom. The zero-order valence-electron chi connectivity index (χ0n) is 13.4. The normalized spacial score (nSPS) is 10.4. The highest BCUT2D eigenvalue weighted by atomic mass is 35.5. The molecule has 3 rings (SSSR count). The first kappa shape index (κ1) is 17.3. The number of benzene rings is 2. The molecule has 1 aromatic heterocycles. The van der Waals surface area contributed by atoms with Crippen LogP contribution in [0.2, 0.25) is 10.0 Å². The number of anilines is 3. The van der Waals surface area contributed by atoms with E-state index in [0.29, 0.717) is 21.3 Å². The summed E-state index contributed by atoms with van der Waals surface area (Å²) in [5, 5.41) is 6.95. The number of nitrogens with one attached hydrogen (secondary N) is 2. The molecule has 0 spiro atoms. The average molecular weight is 372 g/mol. The summed E-state index contributed by atoms with van der Waals surface area (Å²) in [4.78, 5) is 16.5. The highest BCUT2D eigenvalue weighted by Crippen LogP contribution is 2.27. The lowest BCUT2D eigenvalue weighted by Crippen LogP contribution is -2.12. The van der Waals surface area contributed by atoms with Gasteiger partial charge in [0.05, 0.1) is 27.5 Å². The predicted molar refractivity (Wildman–Crippen MR) is 103 cm³/mol. The Morgan fingerprint density at radius 1 is 0.920 bits per heavy atom. The van der Waals surface area contributed by atoms with E-state index in [1.54, 1.807) is 30.5 Å². The maximum Gasteiger partial charge on any atom is 0.257 e. The van der Waals surface area contributed by atoms with Gasteiger partial charge in [-0.05, 0) is 48.9 Å². The van der Waals surface area contributed by atoms with Crippen LogP contribution in [-0.2, 0) is 0 Å². The largest absolute Gasteiger partial charge is 0.354 e. The third-order valence-electron chi connectivity index (χ3n) is 3.48. The first-order chi connectivity index (χ1) is 12.0. The summed E-state index contributed by atoms with van der Waals surface area (Å²) < 4.78 is 0. The van der Waals surface area contributed by atoms with Crippen LogP contribution in [0.3, 0.4) is 0 Å². The Labute approximate surface area is 155 Å². The lowest BCUT2D eigenvalue weighted by atomic mass is 10.2. The number of rotatable bonds is 4. The molecule has 0 saturated heterocycles. The maximum absolute atomic E-state index is 12.4. The lowest BCUT2D eigenvalue weighted by molar-refractivity contribution is 0.102. The third-order valence-corrected chi connectivity index (χ3v) is 4.22. The average Bonchev–Trinajstić information content (AvgIpc) is 2.58. The Hall–Kier alpha value is -2.56. The zero-order chi connectivity index (χ0) is 17.8. The second-order valence-electron chi connectivity index (χ2n) is 5.54. The number of amides is 1. The van der Waals surface area contributed by atoms with Gasteiger partial charge < -0.3 is 10.6 Å². The standard InChI is InChI=1S/C19H15Cl2N3O/c1-12-3-2-4-14(7-12)24-19(25)13-8-16(11-22-10-13)23-15-5-6-17(20)18(21)9-15/h2-11,23H,1H3,(H,24,25). The minimum atomic E-state index is -0.226. The summed E-state index contributed by atoms with van der Waals surface area (Å²) in [6, 6.07) is 14.6. The number of hydrogen-bond donors (Lipinski definition) is 2. The van der Waals surface area contributed by atoms with E-state index in [1.807, 2.05) is 31.2 Å². The maximum atomic E-state index is 12.4. The van der Waals surface area contributed by atoms with Gasteiger partial charge in [0.25, 0.3) is 5.91 Å². The van der Waals surface area contributed by atoms with E-state index in [2.05, 4.69) is 15.6 Å². The van der Waals surface area contributed by atoms with E-state index in [4.69, 9.17) is 23.2 Å². The van der Waals surface area contributed by atoms with E-state index in [-0.39, 0.29) is 5.91 Å². The summed E-state index contributed by atoms with van der Waals surface area (Å²) in [6.45, 7) is 1.97. The molecule has 0 unspecified atom stereocenters. The van der Waals surface area contributed by atoms with E-state index in [1.165, 1.54) is 6.20 Å². The van der Waals surface area contributed by atoms with Crippen LogP contribution in [0.1, 0.15) is 15.9 Å². The van der Waals surface area contributed by atoms with E-state index in [0.717, 1.165) is 16.9 Å². The molecule has 4 nitrogen and oxygen atoms in total. The molecule has 0 fully saturated rings. The number of aromatic nitrogens is 1. The first-order valence-corrected chi connectivity index (χ1v) is 8.32. The van der Waals surface area contributed by atoms with E-state index >= 15 is 0 Å². The van der Waals surface area contributed by atoms with Crippen LogP contribution in [0, 0.1) is 6.92 Å². The predicted octanol–water partition coefficient (Wildman–Crippen LogP) is 5.69. The Morgan fingerprint density at radius 2 is 1.76 bits per heavy atom. The number of carbonyl (C=O) groups is 1. The second kappa shape index (κ2) is 7.55. The molecule has 0 aliphatic carbocycles. The Balaban J connectivity index is 1.76. The lowest BCUT2D eigenvalue weighted by Gasteiger charge is -2.09. The molecule has 0 bridgehead atoms. The molecule has 3 aromatic rings. The van der Waals surface area contributed by atoms with Gasteiger partial charge in [0.1, 0.15) is 0 Å². The van der Waals surface area contributed by atoms with Crippen molar-refractivity contribution in [2.45, 2.75) is 6.92 Å². The number of halogens is 2. The molecule has 1 amide bonds. The molecular formula is C19H15Cl2N3O. The molecule has 126 valence electrons. The van der Waals surface area contributed by atoms with Crippen LogP contribution in [0.15, 0.2) is 60.9 Å². The van der Waals surface area contributed by atoms with Crippen molar-refractivity contribution in [3.63, 3.8) is 0 Å². The van der Waals surface area contributed by atoms with Crippen LogP contribution < -0.4 is 10.6 Å². The number of nitrogens with zero attached hydrogens (tertiary/aromatic N) is 1. The van der Waals surface area contributed by atoms with Crippen LogP contribution >= 0.6 is 23.2 Å². The van der Waals surface area contributed by atoms with Gasteiger partial charge in [-0.3, -0.25) is 9.78 Å². The molecule has 0 radical (unpaired) electrons. The minimum absolute atomic E-state index is 0.226. The Bertz CT molecular complexity index is 928. The van der Waals surface area contributed by atoms with Crippen LogP contribution in [0.25, 0.3) is 0 Å². The van der Waals surface area contributed by atoms with E-state index < -0.39 is 0 Å². The second-order valence-corrected chi connectivity index (χ2v) is 6.35. The molecule has 2 aromatic carbocycles. The summed E-state index contributed by atoms with van der Waals surface area (Å²) >= 11 is 11.9. The van der Waals surface area contributed by atoms with Gasteiger partial charge in [-0.2, -0.15) is 0 Å². The molecule has 0 atom stereocenters. The molecule has 2 N–H and O–H groups in total. The minimum Gasteiger partial charge on any atom is -0.354 e. The smallest absolute Gasteiger partial charge is 0.257 e. The Kier molecular flexibility index (Phi) is 5.22. The van der Waals surface area contributed by atoms with Gasteiger partial charge in [-0.15, -0.1) is 0 Å². The van der Waals surface area contributed by atoms with Crippen molar-refractivity contribution in [3.05, 3.63) is 82.1 Å². The van der Waals surface area contributed by atoms with Gasteiger partial charge >= 0.3 is 0 Å². The third kappa shape index (κ3) is 4.50. The number of pyridine rings is 1. The van der Waals surface area contributed by atoms with Crippen LogP contribution in [0.5, 0.6) is 0 Å². The van der Waals surface area contributed by atoms with Gasteiger partial charge in [-0.25, -0.2) is 0 Å². The fourth-order valence-corrected chi connectivity index (χ4v) is 2.60. The van der Waals surface area contributed by atoms with Crippen LogP contribution in [0.4, 0.5) is 17.1 Å². The van der Waals surface area contributed by atoms with Crippen LogP contribution in [-0.4, -0.2) is 10.9 Å². The van der Waals surface area contributed by atoms with Crippen molar-refractivity contribution < 1.29 is 4.79 Å². The number of aryl methyl sites for hydroxylation is 1. The molecular weight excluding hydrogens is 357 g/mol. The molecule has 25 heavy (non-hydrogen) atoms. The van der Waals surface area contributed by atoms with E-state index in [9.17, 15) is 4.79 Å². The monoisotopic (exact) mass is 371 g/mol. The van der Waals surface area contributed by atoms with Crippen molar-refractivity contribution in [2.75, 3.05) is 10.6 Å². The number of carbonyl (C=O) groups excluding carboxylic acids is 1. The first-order valence-electron chi connectivity index (χ1n) is 7.56. The van der Waals surface area contributed by atoms with Crippen molar-refractivity contribution in [3.8, 4) is 0 Å². The fourth-order valence-electron chi connectivity index (χ4n) is 2.30. The summed E-state index contributed by atoms with van der Waals surface area (Å²) in [6.07, 6.45) is 3.15. The molecule has 1 heterocycles.